The van der Waals surface area contributed by atoms with Crippen molar-refractivity contribution in [3.8, 4) is 5.75 Å². The number of benzene rings is 1. The average Bonchev–Trinajstić information content (AvgIpc) is 2.94. The van der Waals surface area contributed by atoms with Crippen molar-refractivity contribution < 1.29 is 19.2 Å². The Hall–Kier alpha value is -3.16. The van der Waals surface area contributed by atoms with E-state index >= 15 is 0 Å². The van der Waals surface area contributed by atoms with Gasteiger partial charge in [0.05, 0.1) is 17.4 Å². The van der Waals surface area contributed by atoms with Gasteiger partial charge in [-0.1, -0.05) is 0 Å². The first-order chi connectivity index (χ1) is 9.58. The number of nitro groups is 1. The molecule has 2 rings (SSSR count). The Morgan fingerprint density at radius 2 is 2.25 bits per heavy atom. The van der Waals surface area contributed by atoms with E-state index in [9.17, 15) is 20.0 Å². The van der Waals surface area contributed by atoms with Crippen molar-refractivity contribution in [2.75, 3.05) is 0 Å². The summed E-state index contributed by atoms with van der Waals surface area (Å²) in [6.45, 7) is 0. The summed E-state index contributed by atoms with van der Waals surface area (Å²) in [5.74, 6) is -0.884. The Balaban J connectivity index is 2.07. The van der Waals surface area contributed by atoms with Crippen LogP contribution in [0.1, 0.15) is 16.1 Å². The molecule has 0 aliphatic carbocycles. The van der Waals surface area contributed by atoms with Crippen LogP contribution in [0.25, 0.3) is 0 Å². The molecule has 0 atom stereocenters. The zero-order valence-corrected chi connectivity index (χ0v) is 10.0. The molecule has 102 valence electrons. The lowest BCUT2D eigenvalue weighted by atomic mass is 10.2. The number of phenols is 1. The van der Waals surface area contributed by atoms with E-state index in [1.807, 2.05) is 0 Å². The highest BCUT2D eigenvalue weighted by Gasteiger charge is 2.12. The largest absolute Gasteiger partial charge is 0.502 e. The Bertz CT molecular complexity index is 664. The first-order valence-electron chi connectivity index (χ1n) is 5.42. The molecule has 2 N–H and O–H groups in total. The number of carbonyl (C=O) groups excluding carboxylic acids is 1. The quantitative estimate of drug-likeness (QED) is 0.499. The normalized spacial score (nSPS) is 10.6. The van der Waals surface area contributed by atoms with Gasteiger partial charge in [0.25, 0.3) is 0 Å². The summed E-state index contributed by atoms with van der Waals surface area (Å²) in [6, 6.07) is 6.76. The van der Waals surface area contributed by atoms with Crippen LogP contribution in [0.15, 0.2) is 46.1 Å². The molecule has 0 saturated carbocycles. The fraction of sp³-hybridized carbons (Fsp3) is 0. The van der Waals surface area contributed by atoms with Crippen LogP contribution in [0.2, 0.25) is 0 Å². The Morgan fingerprint density at radius 3 is 2.90 bits per heavy atom. The highest BCUT2D eigenvalue weighted by Crippen LogP contribution is 2.25. The fourth-order valence-electron chi connectivity index (χ4n) is 1.40. The second kappa shape index (κ2) is 5.65. The lowest BCUT2D eigenvalue weighted by Gasteiger charge is -1.98. The van der Waals surface area contributed by atoms with Gasteiger partial charge in [0.1, 0.15) is 0 Å². The van der Waals surface area contributed by atoms with Gasteiger partial charge in [-0.15, -0.1) is 0 Å². The molecular formula is C12H9N3O5. The summed E-state index contributed by atoms with van der Waals surface area (Å²) in [5, 5.41) is 23.5. The number of nitro benzene ring substituents is 1. The summed E-state index contributed by atoms with van der Waals surface area (Å²) in [7, 11) is 0. The summed E-state index contributed by atoms with van der Waals surface area (Å²) < 4.78 is 4.86. The number of hydrogen-bond acceptors (Lipinski definition) is 6. The second-order valence-electron chi connectivity index (χ2n) is 3.68. The molecule has 0 aliphatic rings. The number of nitrogens with one attached hydrogen (secondary N) is 1. The van der Waals surface area contributed by atoms with Gasteiger partial charge in [-0.3, -0.25) is 14.9 Å². The topological polar surface area (TPSA) is 118 Å². The molecule has 0 saturated heterocycles. The van der Waals surface area contributed by atoms with Crippen LogP contribution < -0.4 is 5.43 Å². The van der Waals surface area contributed by atoms with E-state index in [4.69, 9.17) is 4.42 Å². The summed E-state index contributed by atoms with van der Waals surface area (Å²) in [4.78, 5) is 21.4. The van der Waals surface area contributed by atoms with Crippen LogP contribution in [0.5, 0.6) is 5.75 Å². The molecule has 0 radical (unpaired) electrons. The first-order valence-corrected chi connectivity index (χ1v) is 5.42. The van der Waals surface area contributed by atoms with E-state index in [1.165, 1.54) is 30.7 Å². The maximum atomic E-state index is 11.5. The molecule has 2 aromatic rings. The van der Waals surface area contributed by atoms with Crippen LogP contribution in [-0.4, -0.2) is 22.2 Å². The van der Waals surface area contributed by atoms with E-state index in [1.54, 1.807) is 6.07 Å². The standard InChI is InChI=1S/C12H9N3O5/c16-10-4-3-8(6-9(10)15(18)19)7-13-14-12(17)11-2-1-5-20-11/h1-7,16H,(H,14,17)/b13-7+. The summed E-state index contributed by atoms with van der Waals surface area (Å²) >= 11 is 0. The van der Waals surface area contributed by atoms with Crippen LogP contribution in [0.3, 0.4) is 0 Å². The van der Waals surface area contributed by atoms with E-state index in [0.717, 1.165) is 6.07 Å². The van der Waals surface area contributed by atoms with E-state index in [2.05, 4.69) is 10.5 Å². The molecule has 1 aromatic heterocycles. The zero-order valence-electron chi connectivity index (χ0n) is 10.0. The van der Waals surface area contributed by atoms with Gasteiger partial charge in [0.15, 0.2) is 11.5 Å². The van der Waals surface area contributed by atoms with Gasteiger partial charge in [0.2, 0.25) is 0 Å². The van der Waals surface area contributed by atoms with Gasteiger partial charge in [-0.2, -0.15) is 5.10 Å². The number of aromatic hydroxyl groups is 1. The molecule has 0 fully saturated rings. The molecular weight excluding hydrogens is 266 g/mol. The predicted octanol–water partition coefficient (Wildman–Crippen LogP) is 1.66. The highest BCUT2D eigenvalue weighted by atomic mass is 16.6. The van der Waals surface area contributed by atoms with Gasteiger partial charge in [-0.25, -0.2) is 5.43 Å². The van der Waals surface area contributed by atoms with Crippen molar-refractivity contribution in [2.24, 2.45) is 5.10 Å². The Kier molecular flexibility index (Phi) is 3.75. The van der Waals surface area contributed by atoms with Gasteiger partial charge in [-0.05, 0) is 24.3 Å². The van der Waals surface area contributed by atoms with Crippen LogP contribution in [0, 0.1) is 10.1 Å². The number of phenolic OH excluding ortho intramolecular Hbond substituents is 1. The van der Waals surface area contributed by atoms with Crippen molar-refractivity contribution in [1.29, 1.82) is 0 Å². The van der Waals surface area contributed by atoms with Crippen LogP contribution in [0.4, 0.5) is 5.69 Å². The number of nitrogens with zero attached hydrogens (tertiary/aromatic N) is 2. The van der Waals surface area contributed by atoms with Gasteiger partial charge in [0, 0.05) is 11.6 Å². The predicted molar refractivity (Wildman–Crippen MR) is 68.5 cm³/mol. The van der Waals surface area contributed by atoms with E-state index < -0.39 is 22.3 Å². The Labute approximate surface area is 112 Å². The molecule has 0 bridgehead atoms. The first kappa shape index (κ1) is 13.3. The third kappa shape index (κ3) is 2.99. The molecule has 1 aromatic carbocycles. The SMILES string of the molecule is O=C(N/N=C/c1ccc(O)c([N+](=O)[O-])c1)c1ccco1. The molecule has 0 unspecified atom stereocenters. The lowest BCUT2D eigenvalue weighted by Crippen LogP contribution is -2.16. The molecule has 8 nitrogen and oxygen atoms in total. The molecule has 20 heavy (non-hydrogen) atoms. The number of carbonyl (C=O) groups is 1. The minimum atomic E-state index is -0.714. The fourth-order valence-corrected chi connectivity index (χ4v) is 1.40. The zero-order chi connectivity index (χ0) is 14.5. The smallest absolute Gasteiger partial charge is 0.311 e. The summed E-state index contributed by atoms with van der Waals surface area (Å²) in [5.41, 5.74) is 2.12. The number of hydrazone groups is 1. The third-order valence-corrected chi connectivity index (χ3v) is 2.32. The molecule has 1 heterocycles. The maximum absolute atomic E-state index is 11.5. The van der Waals surface area contributed by atoms with Gasteiger partial charge >= 0.3 is 11.6 Å². The summed E-state index contributed by atoms with van der Waals surface area (Å²) in [6.07, 6.45) is 2.56. The number of furan rings is 1. The lowest BCUT2D eigenvalue weighted by molar-refractivity contribution is -0.385. The number of amides is 1. The molecule has 0 spiro atoms. The second-order valence-corrected chi connectivity index (χ2v) is 3.68. The van der Waals surface area contributed by atoms with Crippen LogP contribution in [-0.2, 0) is 0 Å². The van der Waals surface area contributed by atoms with Crippen molar-refractivity contribution in [1.82, 2.24) is 5.43 Å². The Morgan fingerprint density at radius 1 is 1.45 bits per heavy atom. The number of rotatable bonds is 4. The van der Waals surface area contributed by atoms with Crippen LogP contribution >= 0.6 is 0 Å². The van der Waals surface area contributed by atoms with Crippen molar-refractivity contribution in [3.05, 3.63) is 58.0 Å². The highest BCUT2D eigenvalue weighted by molar-refractivity contribution is 5.92. The van der Waals surface area contributed by atoms with Gasteiger partial charge < -0.3 is 9.52 Å². The average molecular weight is 275 g/mol. The van der Waals surface area contributed by atoms with Crippen molar-refractivity contribution in [2.45, 2.75) is 0 Å². The minimum Gasteiger partial charge on any atom is -0.502 e. The molecule has 1 amide bonds. The van der Waals surface area contributed by atoms with E-state index in [-0.39, 0.29) is 5.76 Å². The molecule has 8 heteroatoms. The molecule has 0 aliphatic heterocycles. The minimum absolute atomic E-state index is 0.0961. The maximum Gasteiger partial charge on any atom is 0.311 e. The van der Waals surface area contributed by atoms with Crippen molar-refractivity contribution >= 4 is 17.8 Å². The number of hydrogen-bond donors (Lipinski definition) is 2. The third-order valence-electron chi connectivity index (χ3n) is 2.32. The van der Waals surface area contributed by atoms with Crippen molar-refractivity contribution in [3.63, 3.8) is 0 Å². The monoisotopic (exact) mass is 275 g/mol. The van der Waals surface area contributed by atoms with E-state index in [0.29, 0.717) is 5.56 Å².